The van der Waals surface area contributed by atoms with E-state index in [2.05, 4.69) is 4.98 Å². The third-order valence-corrected chi connectivity index (χ3v) is 2.54. The van der Waals surface area contributed by atoms with Gasteiger partial charge in [0.2, 0.25) is 0 Å². The summed E-state index contributed by atoms with van der Waals surface area (Å²) in [5.41, 5.74) is 1.05. The molecular formula is C13H15NO2. The van der Waals surface area contributed by atoms with Crippen molar-refractivity contribution in [1.82, 2.24) is 4.98 Å². The molecule has 16 heavy (non-hydrogen) atoms. The van der Waals surface area contributed by atoms with Crippen molar-refractivity contribution >= 4 is 0 Å². The van der Waals surface area contributed by atoms with Gasteiger partial charge < -0.3 is 9.52 Å². The van der Waals surface area contributed by atoms with Gasteiger partial charge in [0.1, 0.15) is 17.6 Å². The van der Waals surface area contributed by atoms with Crippen LogP contribution in [0, 0.1) is 0 Å². The van der Waals surface area contributed by atoms with Crippen LogP contribution >= 0.6 is 0 Å². The molecule has 1 N–H and O–H groups in total. The number of nitrogens with zero attached hydrogens (tertiary/aromatic N) is 1. The average molecular weight is 217 g/mol. The number of hydrogen-bond acceptors (Lipinski definition) is 3. The second-order valence-electron chi connectivity index (χ2n) is 3.73. The molecule has 2 aromatic rings. The summed E-state index contributed by atoms with van der Waals surface area (Å²) in [6.07, 6.45) is 4.27. The Labute approximate surface area is 94.8 Å². The Hall–Kier alpha value is -1.61. The summed E-state index contributed by atoms with van der Waals surface area (Å²) in [6, 6.07) is 7.54. The smallest absolute Gasteiger partial charge is 0.133 e. The van der Waals surface area contributed by atoms with Crippen LogP contribution in [0.15, 0.2) is 41.1 Å². The summed E-state index contributed by atoms with van der Waals surface area (Å²) >= 11 is 0. The van der Waals surface area contributed by atoms with Crippen LogP contribution in [-0.4, -0.2) is 10.1 Å². The number of aromatic nitrogens is 1. The number of pyridine rings is 1. The highest BCUT2D eigenvalue weighted by molar-refractivity contribution is 5.15. The summed E-state index contributed by atoms with van der Waals surface area (Å²) in [7, 11) is 0. The highest BCUT2D eigenvalue weighted by atomic mass is 16.4. The molecule has 3 heteroatoms. The molecule has 2 rings (SSSR count). The summed E-state index contributed by atoms with van der Waals surface area (Å²) in [5.74, 6) is 1.54. The van der Waals surface area contributed by atoms with Gasteiger partial charge in [-0.3, -0.25) is 4.98 Å². The fourth-order valence-electron chi connectivity index (χ4n) is 1.61. The Morgan fingerprint density at radius 2 is 2.00 bits per heavy atom. The van der Waals surface area contributed by atoms with Crippen molar-refractivity contribution in [2.24, 2.45) is 0 Å². The predicted molar refractivity (Wildman–Crippen MR) is 61.0 cm³/mol. The maximum atomic E-state index is 9.97. The molecule has 0 aliphatic rings. The zero-order valence-corrected chi connectivity index (χ0v) is 9.26. The summed E-state index contributed by atoms with van der Waals surface area (Å²) < 4.78 is 5.50. The summed E-state index contributed by atoms with van der Waals surface area (Å²) in [6.45, 7) is 2.03. The minimum atomic E-state index is -0.581. The fraction of sp³-hybridized carbons (Fsp3) is 0.308. The van der Waals surface area contributed by atoms with E-state index < -0.39 is 6.10 Å². The molecule has 84 valence electrons. The van der Waals surface area contributed by atoms with Crippen molar-refractivity contribution in [3.63, 3.8) is 0 Å². The normalized spacial score (nSPS) is 12.6. The van der Waals surface area contributed by atoms with Crippen LogP contribution < -0.4 is 0 Å². The molecule has 0 bridgehead atoms. The van der Waals surface area contributed by atoms with Crippen LogP contribution in [0.1, 0.15) is 30.1 Å². The largest absolute Gasteiger partial charge is 0.463 e. The van der Waals surface area contributed by atoms with Crippen LogP contribution in [0.2, 0.25) is 0 Å². The summed E-state index contributed by atoms with van der Waals surface area (Å²) in [4.78, 5) is 3.94. The van der Waals surface area contributed by atoms with Crippen molar-refractivity contribution in [3.05, 3.63) is 53.7 Å². The molecule has 0 spiro atoms. The van der Waals surface area contributed by atoms with Crippen LogP contribution in [0.4, 0.5) is 0 Å². The molecule has 0 fully saturated rings. The maximum absolute atomic E-state index is 9.97. The van der Waals surface area contributed by atoms with Crippen molar-refractivity contribution < 1.29 is 9.52 Å². The van der Waals surface area contributed by atoms with E-state index >= 15 is 0 Å². The SMILES string of the molecule is CCc1ccc(C(O)Cc2ccncc2)o1. The molecule has 1 unspecified atom stereocenters. The van der Waals surface area contributed by atoms with Crippen LogP contribution in [-0.2, 0) is 12.8 Å². The first-order valence-electron chi connectivity index (χ1n) is 5.45. The van der Waals surface area contributed by atoms with E-state index in [-0.39, 0.29) is 0 Å². The van der Waals surface area contributed by atoms with Crippen molar-refractivity contribution in [3.8, 4) is 0 Å². The first-order valence-corrected chi connectivity index (χ1v) is 5.45. The lowest BCUT2D eigenvalue weighted by molar-refractivity contribution is 0.148. The lowest BCUT2D eigenvalue weighted by atomic mass is 10.1. The molecule has 3 nitrogen and oxygen atoms in total. The third-order valence-electron chi connectivity index (χ3n) is 2.54. The van der Waals surface area contributed by atoms with Gasteiger partial charge in [-0.1, -0.05) is 6.92 Å². The summed E-state index contributed by atoms with van der Waals surface area (Å²) in [5, 5.41) is 9.97. The molecule has 2 aromatic heterocycles. The Kier molecular flexibility index (Phi) is 3.37. The minimum Gasteiger partial charge on any atom is -0.463 e. The van der Waals surface area contributed by atoms with Gasteiger partial charge in [0.25, 0.3) is 0 Å². The minimum absolute atomic E-state index is 0.555. The number of furan rings is 1. The maximum Gasteiger partial charge on any atom is 0.133 e. The van der Waals surface area contributed by atoms with Gasteiger partial charge in [0.05, 0.1) is 0 Å². The van der Waals surface area contributed by atoms with E-state index in [1.54, 1.807) is 12.4 Å². The Morgan fingerprint density at radius 1 is 1.25 bits per heavy atom. The second kappa shape index (κ2) is 4.94. The first kappa shape index (κ1) is 10.9. The number of rotatable bonds is 4. The van der Waals surface area contributed by atoms with Crippen molar-refractivity contribution in [1.29, 1.82) is 0 Å². The van der Waals surface area contributed by atoms with Gasteiger partial charge in [-0.25, -0.2) is 0 Å². The molecule has 0 aliphatic carbocycles. The first-order chi connectivity index (χ1) is 7.79. The van der Waals surface area contributed by atoms with Gasteiger partial charge in [-0.2, -0.15) is 0 Å². The monoisotopic (exact) mass is 217 g/mol. The Morgan fingerprint density at radius 3 is 2.62 bits per heavy atom. The van der Waals surface area contributed by atoms with Crippen molar-refractivity contribution in [2.45, 2.75) is 25.9 Å². The lowest BCUT2D eigenvalue weighted by Crippen LogP contribution is -2.00. The zero-order valence-electron chi connectivity index (χ0n) is 9.26. The number of aryl methyl sites for hydroxylation is 1. The van der Waals surface area contributed by atoms with Gasteiger partial charge in [-0.05, 0) is 29.8 Å². The molecule has 0 radical (unpaired) electrons. The molecule has 0 aromatic carbocycles. The molecule has 2 heterocycles. The average Bonchev–Trinajstić information content (AvgIpc) is 2.79. The molecule has 0 saturated heterocycles. The van der Waals surface area contributed by atoms with Crippen LogP contribution in [0.25, 0.3) is 0 Å². The topological polar surface area (TPSA) is 46.3 Å². The molecule has 0 saturated carbocycles. The van der Waals surface area contributed by atoms with E-state index in [0.717, 1.165) is 17.7 Å². The van der Waals surface area contributed by atoms with E-state index in [1.807, 2.05) is 31.2 Å². The number of aliphatic hydroxyl groups excluding tert-OH is 1. The lowest BCUT2D eigenvalue weighted by Gasteiger charge is -2.07. The fourth-order valence-corrected chi connectivity index (χ4v) is 1.61. The van der Waals surface area contributed by atoms with Gasteiger partial charge in [0.15, 0.2) is 0 Å². The highest BCUT2D eigenvalue weighted by Crippen LogP contribution is 2.20. The predicted octanol–water partition coefficient (Wildman–Crippen LogP) is 2.51. The highest BCUT2D eigenvalue weighted by Gasteiger charge is 2.12. The third kappa shape index (κ3) is 2.49. The molecular weight excluding hydrogens is 202 g/mol. The molecule has 0 aliphatic heterocycles. The van der Waals surface area contributed by atoms with E-state index in [4.69, 9.17) is 4.42 Å². The molecule has 1 atom stereocenters. The van der Waals surface area contributed by atoms with Gasteiger partial charge in [0, 0.05) is 25.2 Å². The van der Waals surface area contributed by atoms with Gasteiger partial charge >= 0.3 is 0 Å². The van der Waals surface area contributed by atoms with E-state index in [1.165, 1.54) is 0 Å². The van der Waals surface area contributed by atoms with Crippen molar-refractivity contribution in [2.75, 3.05) is 0 Å². The standard InChI is InChI=1S/C13H15NO2/c1-2-11-3-4-13(16-11)12(15)9-10-5-7-14-8-6-10/h3-8,12,15H,2,9H2,1H3. The van der Waals surface area contributed by atoms with Crippen LogP contribution in [0.3, 0.4) is 0 Å². The zero-order chi connectivity index (χ0) is 11.4. The van der Waals surface area contributed by atoms with E-state index in [0.29, 0.717) is 12.2 Å². The number of hydrogen-bond donors (Lipinski definition) is 1. The Balaban J connectivity index is 2.05. The van der Waals surface area contributed by atoms with Gasteiger partial charge in [-0.15, -0.1) is 0 Å². The number of aliphatic hydroxyl groups is 1. The van der Waals surface area contributed by atoms with Crippen LogP contribution in [0.5, 0.6) is 0 Å². The quantitative estimate of drug-likeness (QED) is 0.855. The molecule has 0 amide bonds. The second-order valence-corrected chi connectivity index (χ2v) is 3.73. The Bertz CT molecular complexity index is 436. The van der Waals surface area contributed by atoms with E-state index in [9.17, 15) is 5.11 Å².